The number of rotatable bonds is 1. The van der Waals surface area contributed by atoms with E-state index in [-0.39, 0.29) is 10.5 Å². The predicted molar refractivity (Wildman–Crippen MR) is 40.6 cm³/mol. The van der Waals surface area contributed by atoms with Gasteiger partial charge in [-0.25, -0.2) is 0 Å². The zero-order valence-corrected chi connectivity index (χ0v) is 6.58. The summed E-state index contributed by atoms with van der Waals surface area (Å²) in [5, 5.41) is 0.0694. The molecule has 0 atom stereocenters. The van der Waals surface area contributed by atoms with E-state index >= 15 is 0 Å². The van der Waals surface area contributed by atoms with Gasteiger partial charge in [0.15, 0.2) is 5.12 Å². The fourth-order valence-electron chi connectivity index (χ4n) is 1.37. The molecule has 1 rings (SSSR count). The average molecular weight is 144 g/mol. The van der Waals surface area contributed by atoms with Gasteiger partial charge in [-0.3, -0.25) is 4.79 Å². The Bertz CT molecular complexity index is 125. The molecule has 1 aliphatic carbocycles. The minimum absolute atomic E-state index is 0.0694. The summed E-state index contributed by atoms with van der Waals surface area (Å²) in [6.07, 6.45) is 4.47. The molecule has 1 fully saturated rings. The normalized spacial score (nSPS) is 24.2. The van der Waals surface area contributed by atoms with E-state index in [1.807, 2.05) is 6.92 Å². The van der Waals surface area contributed by atoms with E-state index in [1.54, 1.807) is 0 Å². The van der Waals surface area contributed by atoms with Crippen LogP contribution < -0.4 is 0 Å². The lowest BCUT2D eigenvalue weighted by molar-refractivity contribution is -0.118. The van der Waals surface area contributed by atoms with Crippen molar-refractivity contribution in [3.8, 4) is 0 Å². The second kappa shape index (κ2) is 2.33. The van der Waals surface area contributed by atoms with Crippen molar-refractivity contribution in [2.24, 2.45) is 5.41 Å². The second-order valence-electron chi connectivity index (χ2n) is 3.07. The third-order valence-electron chi connectivity index (χ3n) is 2.22. The Morgan fingerprint density at radius 2 is 1.89 bits per heavy atom. The van der Waals surface area contributed by atoms with Crippen LogP contribution in [0.5, 0.6) is 0 Å². The van der Waals surface area contributed by atoms with Crippen LogP contribution in [-0.4, -0.2) is 5.12 Å². The lowest BCUT2D eigenvalue weighted by Gasteiger charge is -2.17. The maximum atomic E-state index is 10.8. The first kappa shape index (κ1) is 7.13. The summed E-state index contributed by atoms with van der Waals surface area (Å²) in [6.45, 7) is 2.01. The predicted octanol–water partition coefficient (Wildman–Crippen LogP) is 2.02. The summed E-state index contributed by atoms with van der Waals surface area (Å²) in [5.74, 6) is 0. The van der Waals surface area contributed by atoms with E-state index in [9.17, 15) is 4.79 Å². The fourth-order valence-corrected chi connectivity index (χ4v) is 1.59. The van der Waals surface area contributed by atoms with Crippen LogP contribution >= 0.6 is 12.6 Å². The van der Waals surface area contributed by atoms with Crippen molar-refractivity contribution < 1.29 is 4.79 Å². The van der Waals surface area contributed by atoms with E-state index < -0.39 is 0 Å². The Morgan fingerprint density at radius 3 is 2.11 bits per heavy atom. The van der Waals surface area contributed by atoms with Crippen molar-refractivity contribution in [1.29, 1.82) is 0 Å². The maximum absolute atomic E-state index is 10.8. The van der Waals surface area contributed by atoms with Crippen molar-refractivity contribution in [2.45, 2.75) is 32.6 Å². The minimum atomic E-state index is -0.0802. The van der Waals surface area contributed by atoms with Crippen molar-refractivity contribution >= 4 is 17.7 Å². The molecule has 1 nitrogen and oxygen atoms in total. The highest BCUT2D eigenvalue weighted by Gasteiger charge is 2.33. The molecule has 0 aromatic carbocycles. The summed E-state index contributed by atoms with van der Waals surface area (Å²) in [4.78, 5) is 10.8. The van der Waals surface area contributed by atoms with Gasteiger partial charge in [-0.2, -0.15) is 0 Å². The van der Waals surface area contributed by atoms with Crippen LogP contribution in [-0.2, 0) is 4.79 Å². The van der Waals surface area contributed by atoms with Crippen molar-refractivity contribution in [1.82, 2.24) is 0 Å². The fraction of sp³-hybridized carbons (Fsp3) is 0.857. The van der Waals surface area contributed by atoms with Gasteiger partial charge < -0.3 is 0 Å². The zero-order chi connectivity index (χ0) is 6.91. The highest BCUT2D eigenvalue weighted by molar-refractivity contribution is 7.96. The van der Waals surface area contributed by atoms with Gasteiger partial charge in [-0.1, -0.05) is 19.8 Å². The molecule has 0 spiro atoms. The highest BCUT2D eigenvalue weighted by atomic mass is 32.1. The molecule has 9 heavy (non-hydrogen) atoms. The maximum Gasteiger partial charge on any atom is 0.191 e. The monoisotopic (exact) mass is 144 g/mol. The molecule has 0 bridgehead atoms. The van der Waals surface area contributed by atoms with Crippen LogP contribution in [0.4, 0.5) is 0 Å². The standard InChI is InChI=1S/C7H12OS/c1-7(6(8)9)4-2-3-5-7/h2-5H2,1H3,(H,8,9). The van der Waals surface area contributed by atoms with E-state index in [4.69, 9.17) is 0 Å². The minimum Gasteiger partial charge on any atom is -0.287 e. The van der Waals surface area contributed by atoms with E-state index in [2.05, 4.69) is 12.6 Å². The summed E-state index contributed by atoms with van der Waals surface area (Å²) in [6, 6.07) is 0. The van der Waals surface area contributed by atoms with Crippen LogP contribution in [0.15, 0.2) is 0 Å². The first-order chi connectivity index (χ1) is 4.15. The van der Waals surface area contributed by atoms with E-state index in [1.165, 1.54) is 12.8 Å². The topological polar surface area (TPSA) is 17.1 Å². The third-order valence-corrected chi connectivity index (χ3v) is 2.76. The molecule has 0 amide bonds. The van der Waals surface area contributed by atoms with Crippen molar-refractivity contribution in [3.05, 3.63) is 0 Å². The zero-order valence-electron chi connectivity index (χ0n) is 5.68. The summed E-state index contributed by atoms with van der Waals surface area (Å²) >= 11 is 3.84. The number of carbonyl (C=O) groups is 1. The van der Waals surface area contributed by atoms with Gasteiger partial charge in [0.05, 0.1) is 0 Å². The Kier molecular flexibility index (Phi) is 1.85. The lowest BCUT2D eigenvalue weighted by atomic mass is 9.91. The Labute approximate surface area is 61.2 Å². The number of thiol groups is 1. The quantitative estimate of drug-likeness (QED) is 0.557. The SMILES string of the molecule is CC1(C(=O)S)CCCC1. The summed E-state index contributed by atoms with van der Waals surface area (Å²) in [5.41, 5.74) is -0.0802. The number of hydrogen-bond acceptors (Lipinski definition) is 1. The van der Waals surface area contributed by atoms with Gasteiger partial charge >= 0.3 is 0 Å². The second-order valence-corrected chi connectivity index (χ2v) is 3.48. The van der Waals surface area contributed by atoms with Gasteiger partial charge in [0.1, 0.15) is 0 Å². The van der Waals surface area contributed by atoms with Gasteiger partial charge in [-0.05, 0) is 12.8 Å². The molecular weight excluding hydrogens is 132 g/mol. The molecule has 0 heterocycles. The van der Waals surface area contributed by atoms with Gasteiger partial charge in [0.2, 0.25) is 0 Å². The first-order valence-electron chi connectivity index (χ1n) is 3.38. The highest BCUT2D eigenvalue weighted by Crippen LogP contribution is 2.38. The lowest BCUT2D eigenvalue weighted by Crippen LogP contribution is -2.18. The van der Waals surface area contributed by atoms with Gasteiger partial charge in [0, 0.05) is 5.41 Å². The Balaban J connectivity index is 2.61. The van der Waals surface area contributed by atoms with Crippen LogP contribution in [0.2, 0.25) is 0 Å². The molecule has 0 aromatic rings. The third kappa shape index (κ3) is 1.29. The van der Waals surface area contributed by atoms with Crippen molar-refractivity contribution in [3.63, 3.8) is 0 Å². The van der Waals surface area contributed by atoms with Crippen LogP contribution in [0.3, 0.4) is 0 Å². The van der Waals surface area contributed by atoms with Gasteiger partial charge in [0.25, 0.3) is 0 Å². The van der Waals surface area contributed by atoms with E-state index in [0.29, 0.717) is 0 Å². The molecule has 2 heteroatoms. The smallest absolute Gasteiger partial charge is 0.191 e. The molecule has 1 saturated carbocycles. The summed E-state index contributed by atoms with van der Waals surface area (Å²) in [7, 11) is 0. The molecule has 0 aliphatic heterocycles. The molecule has 0 saturated heterocycles. The summed E-state index contributed by atoms with van der Waals surface area (Å²) < 4.78 is 0. The van der Waals surface area contributed by atoms with Crippen molar-refractivity contribution in [2.75, 3.05) is 0 Å². The molecule has 1 aliphatic rings. The molecule has 0 radical (unpaired) electrons. The van der Waals surface area contributed by atoms with Crippen LogP contribution in [0.1, 0.15) is 32.6 Å². The Morgan fingerprint density at radius 1 is 1.44 bits per heavy atom. The largest absolute Gasteiger partial charge is 0.287 e. The van der Waals surface area contributed by atoms with E-state index in [0.717, 1.165) is 12.8 Å². The first-order valence-corrected chi connectivity index (χ1v) is 3.83. The number of hydrogen-bond donors (Lipinski definition) is 1. The van der Waals surface area contributed by atoms with Crippen LogP contribution in [0, 0.1) is 5.41 Å². The molecule has 0 aromatic heterocycles. The van der Waals surface area contributed by atoms with Crippen LogP contribution in [0.25, 0.3) is 0 Å². The molecule has 0 N–H and O–H groups in total. The average Bonchev–Trinajstić information content (AvgIpc) is 2.16. The molecular formula is C7H12OS. The van der Waals surface area contributed by atoms with Gasteiger partial charge in [-0.15, -0.1) is 12.6 Å². The Hall–Kier alpha value is 0.0200. The molecule has 52 valence electrons. The number of carbonyl (C=O) groups excluding carboxylic acids is 1. The molecule has 0 unspecified atom stereocenters.